The van der Waals surface area contributed by atoms with Gasteiger partial charge in [-0.1, -0.05) is 12.5 Å². The fourth-order valence-corrected chi connectivity index (χ4v) is 3.20. The Morgan fingerprint density at radius 3 is 2.67 bits per heavy atom. The molecule has 2 rings (SSSR count). The van der Waals surface area contributed by atoms with E-state index in [4.69, 9.17) is 0 Å². The Bertz CT molecular complexity index is 569. The van der Waals surface area contributed by atoms with Gasteiger partial charge in [0.05, 0.1) is 6.54 Å². The van der Waals surface area contributed by atoms with Gasteiger partial charge in [-0.2, -0.15) is 0 Å². The maximum absolute atomic E-state index is 12.4. The number of nitrogens with one attached hydrogen (secondary N) is 1. The summed E-state index contributed by atoms with van der Waals surface area (Å²) in [6.45, 7) is 8.86. The third-order valence-corrected chi connectivity index (χ3v) is 4.73. The molecule has 1 aliphatic heterocycles. The van der Waals surface area contributed by atoms with Gasteiger partial charge in [0.15, 0.2) is 0 Å². The smallest absolute Gasteiger partial charge is 0.253 e. The van der Waals surface area contributed by atoms with Crippen LogP contribution in [-0.2, 0) is 4.79 Å². The average molecular weight is 331 g/mol. The minimum Gasteiger partial charge on any atom is -0.339 e. The van der Waals surface area contributed by atoms with Gasteiger partial charge < -0.3 is 10.2 Å². The Balaban J connectivity index is 1.98. The molecule has 1 aromatic carbocycles. The Morgan fingerprint density at radius 2 is 2.00 bits per heavy atom. The van der Waals surface area contributed by atoms with Crippen molar-refractivity contribution in [3.8, 4) is 0 Å². The normalized spacial score (nSPS) is 18.2. The van der Waals surface area contributed by atoms with Gasteiger partial charge in [-0.15, -0.1) is 0 Å². The summed E-state index contributed by atoms with van der Waals surface area (Å²) in [6.07, 6.45) is 3.56. The van der Waals surface area contributed by atoms with Crippen LogP contribution in [0.2, 0.25) is 0 Å². The molecule has 1 fully saturated rings. The van der Waals surface area contributed by atoms with Crippen LogP contribution in [0.3, 0.4) is 0 Å². The number of benzene rings is 1. The Hall–Kier alpha value is -1.88. The molecule has 1 atom stereocenters. The Morgan fingerprint density at radius 1 is 1.25 bits per heavy atom. The van der Waals surface area contributed by atoms with Crippen LogP contribution in [0.4, 0.5) is 5.69 Å². The first-order chi connectivity index (χ1) is 11.5. The summed E-state index contributed by atoms with van der Waals surface area (Å²) in [5, 5.41) is 2.93. The lowest BCUT2D eigenvalue weighted by atomic mass is 10.0. The number of amides is 2. The van der Waals surface area contributed by atoms with Crippen LogP contribution in [-0.4, -0.2) is 53.8 Å². The molecule has 1 unspecified atom stereocenters. The second kappa shape index (κ2) is 8.83. The number of likely N-dealkylation sites (tertiary alicyclic amines) is 1. The molecule has 5 nitrogen and oxygen atoms in total. The van der Waals surface area contributed by atoms with Crippen LogP contribution >= 0.6 is 0 Å². The second-order valence-corrected chi connectivity index (χ2v) is 6.42. The van der Waals surface area contributed by atoms with E-state index in [1.807, 2.05) is 26.0 Å². The minimum absolute atomic E-state index is 0.000696. The van der Waals surface area contributed by atoms with E-state index in [-0.39, 0.29) is 11.8 Å². The predicted molar refractivity (Wildman–Crippen MR) is 97.2 cm³/mol. The molecule has 132 valence electrons. The fourth-order valence-electron chi connectivity index (χ4n) is 3.20. The summed E-state index contributed by atoms with van der Waals surface area (Å²) in [6, 6.07) is 7.66. The van der Waals surface area contributed by atoms with Gasteiger partial charge >= 0.3 is 0 Å². The molecule has 0 bridgehead atoms. The van der Waals surface area contributed by atoms with E-state index >= 15 is 0 Å². The van der Waals surface area contributed by atoms with Crippen molar-refractivity contribution in [1.29, 1.82) is 0 Å². The molecule has 0 radical (unpaired) electrons. The number of carbonyl (C=O) groups is 2. The highest BCUT2D eigenvalue weighted by Gasteiger charge is 2.20. The van der Waals surface area contributed by atoms with Crippen molar-refractivity contribution in [1.82, 2.24) is 9.80 Å². The zero-order valence-electron chi connectivity index (χ0n) is 15.0. The van der Waals surface area contributed by atoms with Crippen molar-refractivity contribution >= 4 is 17.5 Å². The molecule has 0 aromatic heterocycles. The molecular weight excluding hydrogens is 302 g/mol. The van der Waals surface area contributed by atoms with Crippen LogP contribution in [0.25, 0.3) is 0 Å². The topological polar surface area (TPSA) is 52.7 Å². The van der Waals surface area contributed by atoms with Crippen molar-refractivity contribution < 1.29 is 9.59 Å². The van der Waals surface area contributed by atoms with E-state index in [0.29, 0.717) is 36.9 Å². The third kappa shape index (κ3) is 4.81. The van der Waals surface area contributed by atoms with E-state index in [0.717, 1.165) is 19.4 Å². The van der Waals surface area contributed by atoms with Gasteiger partial charge in [0.25, 0.3) is 5.91 Å². The number of rotatable bonds is 6. The van der Waals surface area contributed by atoms with Crippen molar-refractivity contribution in [3.63, 3.8) is 0 Å². The van der Waals surface area contributed by atoms with Gasteiger partial charge in [0.2, 0.25) is 5.91 Å². The summed E-state index contributed by atoms with van der Waals surface area (Å²) in [7, 11) is 0. The van der Waals surface area contributed by atoms with Crippen LogP contribution < -0.4 is 5.32 Å². The molecule has 1 aliphatic rings. The zero-order valence-corrected chi connectivity index (χ0v) is 15.0. The molecule has 24 heavy (non-hydrogen) atoms. The monoisotopic (exact) mass is 331 g/mol. The lowest BCUT2D eigenvalue weighted by Gasteiger charge is -2.32. The van der Waals surface area contributed by atoms with Crippen molar-refractivity contribution in [2.24, 2.45) is 0 Å². The quantitative estimate of drug-likeness (QED) is 0.872. The number of hydrogen-bond donors (Lipinski definition) is 1. The first-order valence-corrected chi connectivity index (χ1v) is 8.98. The number of anilines is 1. The second-order valence-electron chi connectivity index (χ2n) is 6.42. The van der Waals surface area contributed by atoms with E-state index < -0.39 is 0 Å². The molecule has 1 heterocycles. The van der Waals surface area contributed by atoms with Crippen molar-refractivity contribution in [3.05, 3.63) is 29.8 Å². The van der Waals surface area contributed by atoms with Crippen LogP contribution in [0.1, 0.15) is 50.4 Å². The highest BCUT2D eigenvalue weighted by Crippen LogP contribution is 2.17. The molecule has 0 saturated carbocycles. The summed E-state index contributed by atoms with van der Waals surface area (Å²) in [4.78, 5) is 28.7. The lowest BCUT2D eigenvalue weighted by molar-refractivity contribution is -0.118. The van der Waals surface area contributed by atoms with Crippen LogP contribution in [0, 0.1) is 0 Å². The maximum atomic E-state index is 12.4. The Kier molecular flexibility index (Phi) is 6.79. The first-order valence-electron chi connectivity index (χ1n) is 8.98. The summed E-state index contributed by atoms with van der Waals surface area (Å²) >= 11 is 0. The van der Waals surface area contributed by atoms with Gasteiger partial charge in [-0.3, -0.25) is 14.5 Å². The SMILES string of the molecule is CCN(CC)C(=O)c1cccc(NC(=O)CN2CCCCC2C)c1. The standard InChI is InChI=1S/C19H29N3O2/c1-4-21(5-2)19(24)16-10-8-11-17(13-16)20-18(23)14-22-12-7-6-9-15(22)3/h8,10-11,13,15H,4-7,9,12,14H2,1-3H3,(H,20,23). The molecule has 1 aromatic rings. The minimum atomic E-state index is -0.0174. The molecule has 0 aliphatic carbocycles. The highest BCUT2D eigenvalue weighted by molar-refractivity contribution is 5.97. The van der Waals surface area contributed by atoms with Gasteiger partial charge in [0, 0.05) is 30.4 Å². The van der Waals surface area contributed by atoms with Gasteiger partial charge in [-0.25, -0.2) is 0 Å². The molecule has 2 amide bonds. The number of piperidine rings is 1. The largest absolute Gasteiger partial charge is 0.339 e. The van der Waals surface area contributed by atoms with Crippen molar-refractivity contribution in [2.45, 2.75) is 46.1 Å². The van der Waals surface area contributed by atoms with E-state index in [9.17, 15) is 9.59 Å². The number of carbonyl (C=O) groups excluding carboxylic acids is 2. The van der Waals surface area contributed by atoms with Gasteiger partial charge in [-0.05, 0) is 58.4 Å². The van der Waals surface area contributed by atoms with Gasteiger partial charge in [0.1, 0.15) is 0 Å². The first kappa shape index (κ1) is 18.5. The van der Waals surface area contributed by atoms with E-state index in [2.05, 4.69) is 17.1 Å². The van der Waals surface area contributed by atoms with Crippen LogP contribution in [0.5, 0.6) is 0 Å². The molecule has 1 N–H and O–H groups in total. The van der Waals surface area contributed by atoms with Crippen molar-refractivity contribution in [2.75, 3.05) is 31.5 Å². The fraction of sp³-hybridized carbons (Fsp3) is 0.579. The zero-order chi connectivity index (χ0) is 17.5. The third-order valence-electron chi connectivity index (χ3n) is 4.73. The summed E-state index contributed by atoms with van der Waals surface area (Å²) in [5.41, 5.74) is 1.30. The molecule has 5 heteroatoms. The van der Waals surface area contributed by atoms with E-state index in [1.165, 1.54) is 6.42 Å². The Labute approximate surface area is 145 Å². The number of nitrogens with zero attached hydrogens (tertiary/aromatic N) is 2. The predicted octanol–water partition coefficient (Wildman–Crippen LogP) is 2.98. The summed E-state index contributed by atoms with van der Waals surface area (Å²) < 4.78 is 0. The highest BCUT2D eigenvalue weighted by atomic mass is 16.2. The molecular formula is C19H29N3O2. The molecule has 1 saturated heterocycles. The van der Waals surface area contributed by atoms with E-state index in [1.54, 1.807) is 17.0 Å². The maximum Gasteiger partial charge on any atom is 0.253 e. The molecule has 0 spiro atoms. The summed E-state index contributed by atoms with van der Waals surface area (Å²) in [5.74, 6) is -0.0167. The van der Waals surface area contributed by atoms with Crippen LogP contribution in [0.15, 0.2) is 24.3 Å². The number of hydrogen-bond acceptors (Lipinski definition) is 3. The lowest BCUT2D eigenvalue weighted by Crippen LogP contribution is -2.42. The average Bonchev–Trinajstić information content (AvgIpc) is 2.58.